The Bertz CT molecular complexity index is 1300. The number of aryl methyl sites for hydroxylation is 1. The first-order valence-corrected chi connectivity index (χ1v) is 12.4. The van der Waals surface area contributed by atoms with E-state index in [-0.39, 0.29) is 12.0 Å². The van der Waals surface area contributed by atoms with Gasteiger partial charge < -0.3 is 14.8 Å². The summed E-state index contributed by atoms with van der Waals surface area (Å²) < 4.78 is 12.1. The summed E-state index contributed by atoms with van der Waals surface area (Å²) in [6, 6.07) is 15.4. The Morgan fingerprint density at radius 2 is 1.79 bits per heavy atom. The zero-order valence-corrected chi connectivity index (χ0v) is 20.6. The van der Waals surface area contributed by atoms with Gasteiger partial charge in [0, 0.05) is 25.9 Å². The van der Waals surface area contributed by atoms with Crippen molar-refractivity contribution in [2.24, 2.45) is 0 Å². The summed E-state index contributed by atoms with van der Waals surface area (Å²) in [5.41, 5.74) is 2.60. The summed E-state index contributed by atoms with van der Waals surface area (Å²) in [7, 11) is 0. The Hall–Kier alpha value is -3.16. The predicted octanol–water partition coefficient (Wildman–Crippen LogP) is 7.15. The van der Waals surface area contributed by atoms with Crippen LogP contribution in [0.2, 0.25) is 0 Å². The molecule has 0 aliphatic carbocycles. The number of carbonyl (C=O) groups is 2. The molecule has 2 aromatic carbocycles. The summed E-state index contributed by atoms with van der Waals surface area (Å²) in [5, 5.41) is 6.21. The summed E-state index contributed by atoms with van der Waals surface area (Å²) >= 11 is 2.90. The van der Waals surface area contributed by atoms with Crippen molar-refractivity contribution in [3.63, 3.8) is 0 Å². The molecule has 0 atom stereocenters. The molecule has 4 aromatic rings. The lowest BCUT2D eigenvalue weighted by Gasteiger charge is -2.12. The van der Waals surface area contributed by atoms with E-state index in [1.54, 1.807) is 0 Å². The van der Waals surface area contributed by atoms with Gasteiger partial charge in [0.25, 0.3) is 5.91 Å². The minimum absolute atomic E-state index is 0.245. The number of nitrogens with one attached hydrogen (secondary N) is 1. The molecular weight excluding hydrogens is 454 g/mol. The Morgan fingerprint density at radius 1 is 1.06 bits per heavy atom. The lowest BCUT2D eigenvalue weighted by Crippen LogP contribution is -2.16. The van der Waals surface area contributed by atoms with E-state index in [0.717, 1.165) is 31.8 Å². The first-order chi connectivity index (χ1) is 15.9. The van der Waals surface area contributed by atoms with Crippen LogP contribution in [0.4, 0.5) is 5.00 Å². The summed E-state index contributed by atoms with van der Waals surface area (Å²) in [4.78, 5) is 27.3. The monoisotopic (exact) mass is 479 g/mol. The molecule has 0 aliphatic rings. The van der Waals surface area contributed by atoms with E-state index >= 15 is 0 Å². The lowest BCUT2D eigenvalue weighted by atomic mass is 10.0. The molecule has 4 rings (SSSR count). The maximum atomic E-state index is 13.2. The molecule has 1 N–H and O–H groups in total. The number of amides is 1. The van der Waals surface area contributed by atoms with Crippen molar-refractivity contribution in [3.8, 4) is 16.9 Å². The normalized spacial score (nSPS) is 11.1. The molecule has 2 heterocycles. The van der Waals surface area contributed by atoms with E-state index in [2.05, 4.69) is 5.32 Å². The lowest BCUT2D eigenvalue weighted by molar-refractivity contribution is 0.0380. The van der Waals surface area contributed by atoms with Crippen LogP contribution in [-0.2, 0) is 4.74 Å². The zero-order chi connectivity index (χ0) is 23.5. The van der Waals surface area contributed by atoms with Crippen LogP contribution < -0.4 is 10.1 Å². The van der Waals surface area contributed by atoms with Crippen LogP contribution >= 0.6 is 22.7 Å². The van der Waals surface area contributed by atoms with E-state index in [4.69, 9.17) is 9.47 Å². The first kappa shape index (κ1) is 23.0. The molecule has 0 spiro atoms. The van der Waals surface area contributed by atoms with E-state index < -0.39 is 5.97 Å². The SMILES string of the molecule is CCOc1ccc(-c2c(C)sc(NC(=O)c3csc4ccccc34)c2C(=O)OC(C)C)cc1. The largest absolute Gasteiger partial charge is 0.494 e. The van der Waals surface area contributed by atoms with Gasteiger partial charge in [-0.15, -0.1) is 22.7 Å². The van der Waals surface area contributed by atoms with Crippen molar-refractivity contribution in [2.75, 3.05) is 11.9 Å². The van der Waals surface area contributed by atoms with Gasteiger partial charge in [-0.1, -0.05) is 30.3 Å². The van der Waals surface area contributed by atoms with E-state index in [9.17, 15) is 9.59 Å². The number of benzene rings is 2. The second kappa shape index (κ2) is 9.77. The molecular formula is C26H25NO4S2. The van der Waals surface area contributed by atoms with Gasteiger partial charge in [-0.3, -0.25) is 4.79 Å². The summed E-state index contributed by atoms with van der Waals surface area (Å²) in [6.45, 7) is 8.07. The van der Waals surface area contributed by atoms with Crippen LogP contribution in [0.5, 0.6) is 5.75 Å². The molecule has 0 radical (unpaired) electrons. The second-order valence-corrected chi connectivity index (χ2v) is 9.88. The minimum Gasteiger partial charge on any atom is -0.494 e. The molecule has 5 nitrogen and oxygen atoms in total. The number of thiophene rings is 2. The highest BCUT2D eigenvalue weighted by molar-refractivity contribution is 7.18. The molecule has 0 bridgehead atoms. The van der Waals surface area contributed by atoms with Gasteiger partial charge in [0.05, 0.1) is 18.3 Å². The topological polar surface area (TPSA) is 64.6 Å². The third kappa shape index (κ3) is 4.79. The molecule has 0 fully saturated rings. The van der Waals surface area contributed by atoms with Crippen molar-refractivity contribution < 1.29 is 19.1 Å². The standard InChI is InChI=1S/C26H25NO4S2/c1-5-30-18-12-10-17(11-13-18)22-16(4)33-25(23(22)26(29)31-15(2)3)27-24(28)20-14-32-21-9-7-6-8-19(20)21/h6-15H,5H2,1-4H3,(H,27,28). The fraction of sp³-hybridized carbons (Fsp3) is 0.231. The molecule has 0 saturated carbocycles. The highest BCUT2D eigenvalue weighted by Gasteiger charge is 2.27. The molecule has 0 saturated heterocycles. The molecule has 33 heavy (non-hydrogen) atoms. The third-order valence-corrected chi connectivity index (χ3v) is 7.02. The van der Waals surface area contributed by atoms with Crippen molar-refractivity contribution >= 4 is 49.6 Å². The zero-order valence-electron chi connectivity index (χ0n) is 18.9. The fourth-order valence-electron chi connectivity index (χ4n) is 3.66. The number of hydrogen-bond donors (Lipinski definition) is 1. The smallest absolute Gasteiger partial charge is 0.342 e. The van der Waals surface area contributed by atoms with Crippen LogP contribution in [0.15, 0.2) is 53.9 Å². The Morgan fingerprint density at radius 3 is 2.48 bits per heavy atom. The summed E-state index contributed by atoms with van der Waals surface area (Å²) in [5.74, 6) is 0.0625. The predicted molar refractivity (Wildman–Crippen MR) is 136 cm³/mol. The van der Waals surface area contributed by atoms with Crippen molar-refractivity contribution in [1.82, 2.24) is 0 Å². The van der Waals surface area contributed by atoms with E-state index in [1.165, 1.54) is 22.7 Å². The number of fused-ring (bicyclic) bond motifs is 1. The van der Waals surface area contributed by atoms with Crippen molar-refractivity contribution in [1.29, 1.82) is 0 Å². The molecule has 170 valence electrons. The number of esters is 1. The van der Waals surface area contributed by atoms with Crippen molar-refractivity contribution in [3.05, 3.63) is 69.9 Å². The van der Waals surface area contributed by atoms with E-state index in [1.807, 2.05) is 81.6 Å². The summed E-state index contributed by atoms with van der Waals surface area (Å²) in [6.07, 6.45) is -0.282. The number of ether oxygens (including phenoxy) is 2. The quantitative estimate of drug-likeness (QED) is 0.286. The number of carbonyl (C=O) groups excluding carboxylic acids is 2. The molecule has 0 aliphatic heterocycles. The number of anilines is 1. The Labute approximate surface area is 201 Å². The average Bonchev–Trinajstić information content (AvgIpc) is 3.35. The van der Waals surface area contributed by atoms with Crippen LogP contribution in [0.3, 0.4) is 0 Å². The van der Waals surface area contributed by atoms with Gasteiger partial charge in [-0.2, -0.15) is 0 Å². The Kier molecular flexibility index (Phi) is 6.81. The van der Waals surface area contributed by atoms with E-state index in [0.29, 0.717) is 22.7 Å². The second-order valence-electron chi connectivity index (χ2n) is 7.75. The fourth-order valence-corrected chi connectivity index (χ4v) is 5.66. The first-order valence-electron chi connectivity index (χ1n) is 10.7. The van der Waals surface area contributed by atoms with Crippen LogP contribution in [0.25, 0.3) is 21.2 Å². The van der Waals surface area contributed by atoms with Gasteiger partial charge in [0.15, 0.2) is 0 Å². The van der Waals surface area contributed by atoms with Gasteiger partial charge in [-0.25, -0.2) is 4.79 Å². The van der Waals surface area contributed by atoms with Crippen LogP contribution in [0.1, 0.15) is 46.4 Å². The molecule has 1 amide bonds. The highest BCUT2D eigenvalue weighted by Crippen LogP contribution is 2.41. The molecule has 2 aromatic heterocycles. The maximum absolute atomic E-state index is 13.2. The van der Waals surface area contributed by atoms with Gasteiger partial charge in [-0.05, 0) is 51.5 Å². The molecule has 7 heteroatoms. The number of hydrogen-bond acceptors (Lipinski definition) is 6. The van der Waals surface area contributed by atoms with Gasteiger partial charge >= 0.3 is 5.97 Å². The molecule has 0 unspecified atom stereocenters. The van der Waals surface area contributed by atoms with Crippen LogP contribution in [0, 0.1) is 6.92 Å². The average molecular weight is 480 g/mol. The van der Waals surface area contributed by atoms with Crippen molar-refractivity contribution in [2.45, 2.75) is 33.8 Å². The van der Waals surface area contributed by atoms with Gasteiger partial charge in [0.1, 0.15) is 16.3 Å². The van der Waals surface area contributed by atoms with Gasteiger partial charge in [0.2, 0.25) is 0 Å². The maximum Gasteiger partial charge on any atom is 0.342 e. The Balaban J connectivity index is 1.75. The number of rotatable bonds is 7. The third-order valence-electron chi connectivity index (χ3n) is 5.04. The minimum atomic E-state index is -0.455. The highest BCUT2D eigenvalue weighted by atomic mass is 32.1. The van der Waals surface area contributed by atoms with Crippen LogP contribution in [-0.4, -0.2) is 24.6 Å².